The van der Waals surface area contributed by atoms with Crippen LogP contribution in [-0.2, 0) is 14.3 Å². The summed E-state index contributed by atoms with van der Waals surface area (Å²) in [4.78, 5) is 23.3. The Bertz CT molecular complexity index is 603. The van der Waals surface area contributed by atoms with E-state index in [4.69, 9.17) is 9.84 Å². The highest BCUT2D eigenvalue weighted by atomic mass is 16.5. The molecule has 9 atom stereocenters. The molecule has 2 rings (SSSR count). The number of aliphatic carboxylic acids is 1. The second-order valence-corrected chi connectivity index (χ2v) is 9.73. The second-order valence-electron chi connectivity index (χ2n) is 9.73. The number of aliphatic hydroxyl groups is 2. The van der Waals surface area contributed by atoms with E-state index >= 15 is 0 Å². The van der Waals surface area contributed by atoms with Crippen molar-refractivity contribution in [1.29, 1.82) is 0 Å². The molecule has 6 heteroatoms. The van der Waals surface area contributed by atoms with Crippen LogP contribution in [0.3, 0.4) is 0 Å². The molecule has 0 spiro atoms. The van der Waals surface area contributed by atoms with Crippen LogP contribution >= 0.6 is 0 Å². The zero-order valence-corrected chi connectivity index (χ0v) is 18.9. The van der Waals surface area contributed by atoms with Gasteiger partial charge in [0, 0.05) is 5.92 Å². The van der Waals surface area contributed by atoms with E-state index in [2.05, 4.69) is 26.0 Å². The van der Waals surface area contributed by atoms with E-state index in [1.54, 1.807) is 0 Å². The first-order valence-electron chi connectivity index (χ1n) is 11.6. The molecule has 0 radical (unpaired) electrons. The van der Waals surface area contributed by atoms with Crippen LogP contribution in [0.15, 0.2) is 12.2 Å². The Labute approximate surface area is 180 Å². The predicted molar refractivity (Wildman–Crippen MR) is 115 cm³/mol. The van der Waals surface area contributed by atoms with Gasteiger partial charge in [-0.3, -0.25) is 9.59 Å². The Morgan fingerprint density at radius 2 is 1.83 bits per heavy atom. The van der Waals surface area contributed by atoms with Crippen molar-refractivity contribution in [2.45, 2.75) is 91.0 Å². The lowest BCUT2D eigenvalue weighted by Gasteiger charge is -2.47. The number of hydrogen-bond donors (Lipinski definition) is 3. The molecule has 172 valence electrons. The van der Waals surface area contributed by atoms with Crippen molar-refractivity contribution >= 4 is 11.9 Å². The van der Waals surface area contributed by atoms with Crippen LogP contribution in [0.1, 0.15) is 72.6 Å². The van der Waals surface area contributed by atoms with Gasteiger partial charge in [-0.05, 0) is 62.2 Å². The highest BCUT2D eigenvalue weighted by Crippen LogP contribution is 2.47. The van der Waals surface area contributed by atoms with Gasteiger partial charge in [-0.2, -0.15) is 0 Å². The van der Waals surface area contributed by atoms with Gasteiger partial charge >= 0.3 is 11.9 Å². The Balaban J connectivity index is 2.06. The molecule has 0 aromatic carbocycles. The van der Waals surface area contributed by atoms with E-state index in [9.17, 15) is 19.8 Å². The number of carbonyl (C=O) groups excluding carboxylic acids is 1. The number of hydrogen-bond acceptors (Lipinski definition) is 5. The van der Waals surface area contributed by atoms with E-state index in [1.807, 2.05) is 13.8 Å². The third-order valence-electron chi connectivity index (χ3n) is 7.13. The van der Waals surface area contributed by atoms with Crippen LogP contribution < -0.4 is 0 Å². The van der Waals surface area contributed by atoms with Gasteiger partial charge in [0.25, 0.3) is 0 Å². The predicted octanol–water partition coefficient (Wildman–Crippen LogP) is 3.80. The highest BCUT2D eigenvalue weighted by Gasteiger charge is 2.45. The van der Waals surface area contributed by atoms with E-state index in [-0.39, 0.29) is 42.7 Å². The first-order chi connectivity index (χ1) is 14.1. The zero-order chi connectivity index (χ0) is 22.4. The van der Waals surface area contributed by atoms with Crippen LogP contribution in [0.4, 0.5) is 0 Å². The molecular weight excluding hydrogens is 384 g/mol. The van der Waals surface area contributed by atoms with Gasteiger partial charge in [0.05, 0.1) is 24.5 Å². The Hall–Kier alpha value is -1.40. The summed E-state index contributed by atoms with van der Waals surface area (Å²) in [6.07, 6.45) is 6.38. The summed E-state index contributed by atoms with van der Waals surface area (Å²) < 4.78 is 6.04. The number of carbonyl (C=O) groups is 2. The number of aliphatic hydroxyl groups excluding tert-OH is 2. The number of ether oxygens (including phenoxy) is 1. The van der Waals surface area contributed by atoms with Crippen molar-refractivity contribution in [2.24, 2.45) is 35.5 Å². The summed E-state index contributed by atoms with van der Waals surface area (Å²) in [5.74, 6) is 0.433. The number of carboxylic acid groups (broad SMARTS) is 1. The van der Waals surface area contributed by atoms with E-state index in [0.717, 1.165) is 25.7 Å². The van der Waals surface area contributed by atoms with Crippen LogP contribution in [-0.4, -0.2) is 45.6 Å². The molecule has 30 heavy (non-hydrogen) atoms. The lowest BCUT2D eigenvalue weighted by molar-refractivity contribution is -0.163. The van der Waals surface area contributed by atoms with Crippen LogP contribution in [0, 0.1) is 35.5 Å². The summed E-state index contributed by atoms with van der Waals surface area (Å²) in [6, 6.07) is 0. The molecule has 0 aromatic heterocycles. The lowest BCUT2D eigenvalue weighted by atomic mass is 9.60. The average Bonchev–Trinajstić information content (AvgIpc) is 2.65. The molecule has 1 fully saturated rings. The minimum absolute atomic E-state index is 0.0702. The zero-order valence-electron chi connectivity index (χ0n) is 18.9. The van der Waals surface area contributed by atoms with Gasteiger partial charge in [0.15, 0.2) is 0 Å². The van der Waals surface area contributed by atoms with Crippen molar-refractivity contribution in [3.05, 3.63) is 12.2 Å². The Morgan fingerprint density at radius 1 is 1.13 bits per heavy atom. The molecule has 2 aliphatic rings. The van der Waals surface area contributed by atoms with Crippen molar-refractivity contribution < 1.29 is 29.6 Å². The summed E-state index contributed by atoms with van der Waals surface area (Å²) in [7, 11) is 0. The molecule has 6 nitrogen and oxygen atoms in total. The minimum Gasteiger partial charge on any atom is -0.481 e. The van der Waals surface area contributed by atoms with Gasteiger partial charge in [-0.1, -0.05) is 39.8 Å². The number of rotatable bonds is 10. The van der Waals surface area contributed by atoms with Gasteiger partial charge in [0.2, 0.25) is 0 Å². The average molecular weight is 425 g/mol. The maximum absolute atomic E-state index is 12.5. The molecule has 0 aliphatic heterocycles. The number of carboxylic acids is 1. The highest BCUT2D eigenvalue weighted by molar-refractivity contribution is 5.72. The molecule has 0 heterocycles. The molecule has 0 bridgehead atoms. The Kier molecular flexibility index (Phi) is 9.35. The van der Waals surface area contributed by atoms with Gasteiger partial charge < -0.3 is 20.1 Å². The van der Waals surface area contributed by atoms with Gasteiger partial charge in [-0.15, -0.1) is 0 Å². The normalized spacial score (nSPS) is 33.9. The topological polar surface area (TPSA) is 104 Å². The first kappa shape index (κ1) is 24.9. The molecular formula is C24H40O6. The summed E-state index contributed by atoms with van der Waals surface area (Å²) >= 11 is 0. The van der Waals surface area contributed by atoms with E-state index in [1.165, 1.54) is 0 Å². The van der Waals surface area contributed by atoms with Crippen molar-refractivity contribution in [3.8, 4) is 0 Å². The van der Waals surface area contributed by atoms with Gasteiger partial charge in [-0.25, -0.2) is 0 Å². The monoisotopic (exact) mass is 424 g/mol. The summed E-state index contributed by atoms with van der Waals surface area (Å²) in [6.45, 7) is 8.29. The molecule has 0 amide bonds. The maximum atomic E-state index is 12.5. The molecule has 3 N–H and O–H groups in total. The van der Waals surface area contributed by atoms with Crippen molar-refractivity contribution in [3.63, 3.8) is 0 Å². The van der Waals surface area contributed by atoms with E-state index < -0.39 is 18.2 Å². The smallest absolute Gasteiger partial charge is 0.308 e. The van der Waals surface area contributed by atoms with Crippen molar-refractivity contribution in [1.82, 2.24) is 0 Å². The van der Waals surface area contributed by atoms with Crippen LogP contribution in [0.25, 0.3) is 0 Å². The van der Waals surface area contributed by atoms with Crippen LogP contribution in [0.2, 0.25) is 0 Å². The maximum Gasteiger partial charge on any atom is 0.308 e. The standard InChI is InChI=1S/C24H40O6/c1-5-15(3)24(29)30-21-11-14(2)10-17-7-6-16(4)20(23(17)21)9-8-18(25)12-19(26)13-22(27)28/h6-7,14-21,23,25-26H,5,8-13H2,1-4H3,(H,27,28)/t14-,15-,16+,17+,18+,19+,20+,21+,23+/m0/s1. The fraction of sp³-hybridized carbons (Fsp3) is 0.833. The minimum atomic E-state index is -1.06. The molecule has 0 saturated heterocycles. The summed E-state index contributed by atoms with van der Waals surface area (Å²) in [5.41, 5.74) is 0. The van der Waals surface area contributed by atoms with E-state index in [0.29, 0.717) is 24.2 Å². The van der Waals surface area contributed by atoms with Gasteiger partial charge in [0.1, 0.15) is 6.10 Å². The van der Waals surface area contributed by atoms with Crippen LogP contribution in [0.5, 0.6) is 0 Å². The molecule has 0 aromatic rings. The SMILES string of the molecule is CC[C@H](C)C(=O)O[C@@H]1C[C@@H](C)C[C@H]2C=C[C@@H](C)[C@@H](CC[C@@H](O)C[C@@H](O)CC(=O)O)[C@@H]21. The third-order valence-corrected chi connectivity index (χ3v) is 7.13. The lowest BCUT2D eigenvalue weighted by Crippen LogP contribution is -2.46. The molecule has 2 aliphatic carbocycles. The van der Waals surface area contributed by atoms with Crippen molar-refractivity contribution in [2.75, 3.05) is 0 Å². The number of esters is 1. The second kappa shape index (κ2) is 11.3. The first-order valence-corrected chi connectivity index (χ1v) is 11.6. The number of allylic oxidation sites excluding steroid dienone is 2. The molecule has 0 unspecified atom stereocenters. The largest absolute Gasteiger partial charge is 0.481 e. The fourth-order valence-corrected chi connectivity index (χ4v) is 5.27. The summed E-state index contributed by atoms with van der Waals surface area (Å²) in [5, 5.41) is 28.9. The third kappa shape index (κ3) is 6.81. The Morgan fingerprint density at radius 3 is 2.47 bits per heavy atom. The fourth-order valence-electron chi connectivity index (χ4n) is 5.27. The quantitative estimate of drug-likeness (QED) is 0.364. The molecule has 1 saturated carbocycles. The number of fused-ring (bicyclic) bond motifs is 1.